The first-order valence-corrected chi connectivity index (χ1v) is 11.3. The lowest BCUT2D eigenvalue weighted by Crippen LogP contribution is -2.37. The highest BCUT2D eigenvalue weighted by Gasteiger charge is 2.18. The van der Waals surface area contributed by atoms with Crippen molar-refractivity contribution in [2.75, 3.05) is 33.5 Å². The number of halogens is 1. The number of ether oxygens (including phenoxy) is 4. The topological polar surface area (TPSA) is 73.3 Å². The van der Waals surface area contributed by atoms with Gasteiger partial charge in [-0.25, -0.2) is 4.99 Å². The maximum Gasteiger partial charge on any atom is 0.191 e. The Bertz CT molecular complexity index is 901. The van der Waals surface area contributed by atoms with Crippen LogP contribution in [0.1, 0.15) is 37.0 Å². The highest BCUT2D eigenvalue weighted by atomic mass is 127. The van der Waals surface area contributed by atoms with Gasteiger partial charge in [-0.1, -0.05) is 18.2 Å². The van der Waals surface area contributed by atoms with E-state index in [1.807, 2.05) is 25.1 Å². The number of nitrogens with zero attached hydrogens (tertiary/aromatic N) is 1. The highest BCUT2D eigenvalue weighted by Crippen LogP contribution is 2.28. The van der Waals surface area contributed by atoms with Crippen molar-refractivity contribution in [3.05, 3.63) is 53.1 Å². The van der Waals surface area contributed by atoms with Crippen molar-refractivity contribution in [1.29, 1.82) is 0 Å². The van der Waals surface area contributed by atoms with Gasteiger partial charge >= 0.3 is 0 Å². The summed E-state index contributed by atoms with van der Waals surface area (Å²) in [7, 11) is 1.65. The standard InChI is InChI=1S/C25H35N3O4.HI/c1-5-26-25(27-15-19-8-10-22(31-6-2)24(14-19)29-4)28-16-20-9-7-18(3)13-23(20)32-21-11-12-30-17-21;/h7-10,13-14,21H,5-6,11-12,15-17H2,1-4H3,(H2,26,27,28);1H. The van der Waals surface area contributed by atoms with Gasteiger partial charge in [-0.15, -0.1) is 24.0 Å². The zero-order chi connectivity index (χ0) is 22.8. The van der Waals surface area contributed by atoms with E-state index in [0.29, 0.717) is 26.3 Å². The zero-order valence-corrected chi connectivity index (χ0v) is 22.3. The summed E-state index contributed by atoms with van der Waals surface area (Å²) in [6.45, 7) is 10.0. The van der Waals surface area contributed by atoms with Crippen molar-refractivity contribution in [2.45, 2.75) is 46.4 Å². The summed E-state index contributed by atoms with van der Waals surface area (Å²) in [6, 6.07) is 12.2. The maximum absolute atomic E-state index is 6.21. The van der Waals surface area contributed by atoms with Gasteiger partial charge in [0.2, 0.25) is 0 Å². The first-order valence-electron chi connectivity index (χ1n) is 11.3. The van der Waals surface area contributed by atoms with Crippen molar-refractivity contribution in [2.24, 2.45) is 4.99 Å². The van der Waals surface area contributed by atoms with Gasteiger partial charge in [-0.2, -0.15) is 0 Å². The average Bonchev–Trinajstić information content (AvgIpc) is 3.30. The minimum atomic E-state index is 0. The molecule has 1 fully saturated rings. The summed E-state index contributed by atoms with van der Waals surface area (Å²) in [5, 5.41) is 6.73. The Morgan fingerprint density at radius 2 is 1.94 bits per heavy atom. The van der Waals surface area contributed by atoms with E-state index in [1.54, 1.807) is 7.11 Å². The summed E-state index contributed by atoms with van der Waals surface area (Å²) in [4.78, 5) is 4.74. The molecule has 1 atom stereocenters. The molecule has 2 aromatic carbocycles. The Balaban J connectivity index is 0.00000385. The van der Waals surface area contributed by atoms with Gasteiger partial charge in [-0.3, -0.25) is 0 Å². The molecule has 0 aliphatic carbocycles. The molecule has 2 N–H and O–H groups in total. The van der Waals surface area contributed by atoms with Crippen LogP contribution in [0.3, 0.4) is 0 Å². The van der Waals surface area contributed by atoms with E-state index in [0.717, 1.165) is 53.9 Å². The molecule has 0 radical (unpaired) electrons. The van der Waals surface area contributed by atoms with Gasteiger partial charge in [0.25, 0.3) is 0 Å². The van der Waals surface area contributed by atoms with Gasteiger partial charge in [0.05, 0.1) is 33.5 Å². The molecule has 0 saturated carbocycles. The van der Waals surface area contributed by atoms with Crippen LogP contribution in [0.4, 0.5) is 0 Å². The van der Waals surface area contributed by atoms with Crippen molar-refractivity contribution < 1.29 is 18.9 Å². The SMILES string of the molecule is CCNC(=NCc1ccc(OCC)c(OC)c1)NCc1ccc(C)cc1OC1CCOC1.I. The Labute approximate surface area is 214 Å². The van der Waals surface area contributed by atoms with Crippen molar-refractivity contribution in [1.82, 2.24) is 10.6 Å². The first kappa shape index (κ1) is 27.0. The lowest BCUT2D eigenvalue weighted by molar-refractivity contribution is 0.140. The molecule has 8 heteroatoms. The fourth-order valence-corrected chi connectivity index (χ4v) is 3.48. The minimum Gasteiger partial charge on any atom is -0.493 e. The van der Waals surface area contributed by atoms with Crippen LogP contribution in [-0.2, 0) is 17.8 Å². The zero-order valence-electron chi connectivity index (χ0n) is 20.0. The van der Waals surface area contributed by atoms with E-state index in [9.17, 15) is 0 Å². The fourth-order valence-electron chi connectivity index (χ4n) is 3.48. The first-order chi connectivity index (χ1) is 15.6. The summed E-state index contributed by atoms with van der Waals surface area (Å²) in [5.74, 6) is 3.11. The summed E-state index contributed by atoms with van der Waals surface area (Å²) >= 11 is 0. The predicted octanol–water partition coefficient (Wildman–Crippen LogP) is 4.44. The van der Waals surface area contributed by atoms with Gasteiger partial charge in [0.1, 0.15) is 11.9 Å². The Kier molecular flexibility index (Phi) is 11.6. The summed E-state index contributed by atoms with van der Waals surface area (Å²) in [6.07, 6.45) is 1.04. The van der Waals surface area contributed by atoms with E-state index in [-0.39, 0.29) is 30.1 Å². The van der Waals surface area contributed by atoms with Crippen molar-refractivity contribution in [3.63, 3.8) is 0 Å². The molecule has 1 aliphatic rings. The summed E-state index contributed by atoms with van der Waals surface area (Å²) in [5.41, 5.74) is 3.31. The third-order valence-corrected chi connectivity index (χ3v) is 5.14. The number of guanidine groups is 1. The molecule has 1 heterocycles. The Hall–Kier alpha value is -2.20. The molecule has 182 valence electrons. The van der Waals surface area contributed by atoms with Gasteiger partial charge in [0.15, 0.2) is 17.5 Å². The molecular formula is C25H36IN3O4. The van der Waals surface area contributed by atoms with Crippen LogP contribution in [0.15, 0.2) is 41.4 Å². The molecule has 0 bridgehead atoms. The molecule has 1 unspecified atom stereocenters. The number of hydrogen-bond acceptors (Lipinski definition) is 5. The molecular weight excluding hydrogens is 533 g/mol. The van der Waals surface area contributed by atoms with E-state index in [4.69, 9.17) is 23.9 Å². The fraction of sp³-hybridized carbons (Fsp3) is 0.480. The predicted molar refractivity (Wildman–Crippen MR) is 142 cm³/mol. The normalized spacial score (nSPS) is 15.5. The third-order valence-electron chi connectivity index (χ3n) is 5.14. The molecule has 33 heavy (non-hydrogen) atoms. The van der Waals surface area contributed by atoms with Crippen LogP contribution in [0.2, 0.25) is 0 Å². The largest absolute Gasteiger partial charge is 0.493 e. The van der Waals surface area contributed by atoms with E-state index in [1.165, 1.54) is 5.56 Å². The molecule has 1 aliphatic heterocycles. The lowest BCUT2D eigenvalue weighted by Gasteiger charge is -2.18. The monoisotopic (exact) mass is 569 g/mol. The second-order valence-corrected chi connectivity index (χ2v) is 7.68. The van der Waals surface area contributed by atoms with Crippen LogP contribution in [0.5, 0.6) is 17.2 Å². The van der Waals surface area contributed by atoms with E-state index >= 15 is 0 Å². The van der Waals surface area contributed by atoms with E-state index in [2.05, 4.69) is 42.7 Å². The van der Waals surface area contributed by atoms with Gasteiger partial charge in [-0.05, 0) is 50.1 Å². The second-order valence-electron chi connectivity index (χ2n) is 7.68. The lowest BCUT2D eigenvalue weighted by atomic mass is 10.1. The van der Waals surface area contributed by atoms with Gasteiger partial charge < -0.3 is 29.6 Å². The van der Waals surface area contributed by atoms with Gasteiger partial charge in [0, 0.05) is 25.1 Å². The number of hydrogen-bond donors (Lipinski definition) is 2. The smallest absolute Gasteiger partial charge is 0.191 e. The molecule has 0 aromatic heterocycles. The molecule has 3 rings (SSSR count). The number of aryl methyl sites for hydroxylation is 1. The second kappa shape index (κ2) is 14.1. The highest BCUT2D eigenvalue weighted by molar-refractivity contribution is 14.0. The quantitative estimate of drug-likeness (QED) is 0.251. The van der Waals surface area contributed by atoms with Crippen molar-refractivity contribution >= 4 is 29.9 Å². The Morgan fingerprint density at radius 3 is 2.64 bits per heavy atom. The van der Waals surface area contributed by atoms with E-state index < -0.39 is 0 Å². The summed E-state index contributed by atoms with van der Waals surface area (Å²) < 4.78 is 22.7. The van der Waals surface area contributed by atoms with Crippen LogP contribution >= 0.6 is 24.0 Å². The van der Waals surface area contributed by atoms with Crippen LogP contribution in [-0.4, -0.2) is 45.5 Å². The third kappa shape index (κ3) is 8.26. The molecule has 2 aromatic rings. The molecule has 1 saturated heterocycles. The average molecular weight is 569 g/mol. The molecule has 7 nitrogen and oxygen atoms in total. The number of nitrogens with one attached hydrogen (secondary N) is 2. The molecule has 0 spiro atoms. The number of rotatable bonds is 10. The van der Waals surface area contributed by atoms with Crippen molar-refractivity contribution in [3.8, 4) is 17.2 Å². The Morgan fingerprint density at radius 1 is 1.09 bits per heavy atom. The number of aliphatic imine (C=N–C) groups is 1. The molecule has 0 amide bonds. The van der Waals surface area contributed by atoms with Crippen LogP contribution in [0, 0.1) is 6.92 Å². The number of methoxy groups -OCH3 is 1. The van der Waals surface area contributed by atoms with Crippen LogP contribution in [0.25, 0.3) is 0 Å². The maximum atomic E-state index is 6.21. The minimum absolute atomic E-state index is 0. The number of benzene rings is 2. The van der Waals surface area contributed by atoms with Crippen LogP contribution < -0.4 is 24.8 Å².